The summed E-state index contributed by atoms with van der Waals surface area (Å²) < 4.78 is 5.51. The van der Waals surface area contributed by atoms with E-state index in [-0.39, 0.29) is 5.41 Å². The Morgan fingerprint density at radius 3 is 2.73 bits per heavy atom. The molecule has 2 aromatic rings. The van der Waals surface area contributed by atoms with Gasteiger partial charge in [0.25, 0.3) is 0 Å². The molecule has 0 bridgehead atoms. The summed E-state index contributed by atoms with van der Waals surface area (Å²) in [5, 5.41) is 4.18. The van der Waals surface area contributed by atoms with Gasteiger partial charge >= 0.3 is 0 Å². The fourth-order valence-electron chi connectivity index (χ4n) is 4.51. The Balaban J connectivity index is 1.46. The molecule has 0 radical (unpaired) electrons. The minimum absolute atomic E-state index is 0.250. The molecule has 1 saturated carbocycles. The van der Waals surface area contributed by atoms with Crippen molar-refractivity contribution in [3.05, 3.63) is 41.2 Å². The molecule has 3 heterocycles. The monoisotopic (exact) mass is 428 g/mol. The lowest BCUT2D eigenvalue weighted by Gasteiger charge is -2.33. The largest absolute Gasteiger partial charge is 0.381 e. The standard InChI is InChI=1S/C24H33ClN4O/c1-24(9-11-30-12-10-24)16-28-23-4-2-3-22(29-23)20-14-19(27-15-21(20)25)13-17-5-7-18(26)8-6-17/h2-4,14-15,17-18H,5-13,16,26H2,1H3,(H,28,29). The van der Waals surface area contributed by atoms with Crippen LogP contribution in [0.25, 0.3) is 11.3 Å². The average Bonchev–Trinajstić information content (AvgIpc) is 2.76. The molecular formula is C24H33ClN4O. The van der Waals surface area contributed by atoms with Crippen molar-refractivity contribution in [2.45, 2.75) is 57.9 Å². The summed E-state index contributed by atoms with van der Waals surface area (Å²) in [5.74, 6) is 1.54. The van der Waals surface area contributed by atoms with E-state index in [9.17, 15) is 0 Å². The molecule has 0 spiro atoms. The van der Waals surface area contributed by atoms with Crippen molar-refractivity contribution in [1.29, 1.82) is 0 Å². The van der Waals surface area contributed by atoms with Gasteiger partial charge < -0.3 is 15.8 Å². The van der Waals surface area contributed by atoms with Crippen LogP contribution in [0.15, 0.2) is 30.5 Å². The van der Waals surface area contributed by atoms with Gasteiger partial charge in [0.05, 0.1) is 10.7 Å². The highest BCUT2D eigenvalue weighted by molar-refractivity contribution is 6.33. The zero-order valence-corrected chi connectivity index (χ0v) is 18.6. The first-order valence-electron chi connectivity index (χ1n) is 11.2. The summed E-state index contributed by atoms with van der Waals surface area (Å²) in [5.41, 5.74) is 9.23. The third kappa shape index (κ3) is 5.51. The summed E-state index contributed by atoms with van der Waals surface area (Å²) in [7, 11) is 0. The number of nitrogens with one attached hydrogen (secondary N) is 1. The van der Waals surface area contributed by atoms with E-state index < -0.39 is 0 Å². The molecule has 1 saturated heterocycles. The molecule has 30 heavy (non-hydrogen) atoms. The normalized spacial score (nSPS) is 23.8. The molecule has 0 unspecified atom stereocenters. The van der Waals surface area contributed by atoms with Gasteiger partial charge in [0, 0.05) is 43.3 Å². The quantitative estimate of drug-likeness (QED) is 0.670. The minimum atomic E-state index is 0.250. The van der Waals surface area contributed by atoms with Crippen molar-refractivity contribution in [3.63, 3.8) is 0 Å². The van der Waals surface area contributed by atoms with Crippen molar-refractivity contribution in [2.75, 3.05) is 25.1 Å². The number of aromatic nitrogens is 2. The molecular weight excluding hydrogens is 396 g/mol. The van der Waals surface area contributed by atoms with Gasteiger partial charge in [-0.25, -0.2) is 4.98 Å². The lowest BCUT2D eigenvalue weighted by Crippen LogP contribution is -2.33. The molecule has 2 fully saturated rings. The Morgan fingerprint density at radius 2 is 1.97 bits per heavy atom. The van der Waals surface area contributed by atoms with Gasteiger partial charge in [-0.05, 0) is 74.5 Å². The van der Waals surface area contributed by atoms with Crippen LogP contribution >= 0.6 is 11.6 Å². The molecule has 1 aliphatic carbocycles. The first kappa shape index (κ1) is 21.5. The average molecular weight is 429 g/mol. The highest BCUT2D eigenvalue weighted by Gasteiger charge is 2.27. The highest BCUT2D eigenvalue weighted by atomic mass is 35.5. The van der Waals surface area contributed by atoms with Crippen LogP contribution in [0.2, 0.25) is 5.02 Å². The van der Waals surface area contributed by atoms with Crippen LogP contribution in [-0.2, 0) is 11.2 Å². The summed E-state index contributed by atoms with van der Waals surface area (Å²) in [6.45, 7) is 4.89. The van der Waals surface area contributed by atoms with Crippen molar-refractivity contribution in [2.24, 2.45) is 17.1 Å². The topological polar surface area (TPSA) is 73.1 Å². The molecule has 2 aromatic heterocycles. The van der Waals surface area contributed by atoms with Crippen molar-refractivity contribution >= 4 is 17.4 Å². The smallest absolute Gasteiger partial charge is 0.126 e. The van der Waals surface area contributed by atoms with Crippen LogP contribution in [0.5, 0.6) is 0 Å². The fourth-order valence-corrected chi connectivity index (χ4v) is 4.71. The van der Waals surface area contributed by atoms with E-state index in [0.717, 1.165) is 74.6 Å². The molecule has 0 amide bonds. The van der Waals surface area contributed by atoms with Gasteiger partial charge in [0.15, 0.2) is 0 Å². The number of nitrogens with zero attached hydrogens (tertiary/aromatic N) is 2. The molecule has 4 rings (SSSR count). The Hall–Kier alpha value is -1.69. The summed E-state index contributed by atoms with van der Waals surface area (Å²) in [4.78, 5) is 9.43. The minimum Gasteiger partial charge on any atom is -0.381 e. The molecule has 3 N–H and O–H groups in total. The Bertz CT molecular complexity index is 845. The van der Waals surface area contributed by atoms with E-state index in [4.69, 9.17) is 27.1 Å². The number of anilines is 1. The van der Waals surface area contributed by atoms with Gasteiger partial charge in [-0.3, -0.25) is 4.98 Å². The molecule has 162 valence electrons. The van der Waals surface area contributed by atoms with Crippen molar-refractivity contribution < 1.29 is 4.74 Å². The molecule has 1 aliphatic heterocycles. The fraction of sp³-hybridized carbons (Fsp3) is 0.583. The van der Waals surface area contributed by atoms with Gasteiger partial charge in [0.2, 0.25) is 0 Å². The second-order valence-corrected chi connectivity index (χ2v) is 9.73. The summed E-state index contributed by atoms with van der Waals surface area (Å²) in [6, 6.07) is 8.57. The molecule has 5 nitrogen and oxygen atoms in total. The van der Waals surface area contributed by atoms with E-state index in [0.29, 0.717) is 17.0 Å². The third-order valence-corrected chi connectivity index (χ3v) is 7.02. The van der Waals surface area contributed by atoms with Crippen LogP contribution in [0.1, 0.15) is 51.1 Å². The van der Waals surface area contributed by atoms with Gasteiger partial charge in [-0.2, -0.15) is 0 Å². The Morgan fingerprint density at radius 1 is 1.20 bits per heavy atom. The summed E-state index contributed by atoms with van der Waals surface area (Å²) >= 11 is 6.51. The maximum absolute atomic E-state index is 6.51. The highest BCUT2D eigenvalue weighted by Crippen LogP contribution is 2.32. The van der Waals surface area contributed by atoms with Crippen LogP contribution < -0.4 is 11.1 Å². The van der Waals surface area contributed by atoms with E-state index in [1.807, 2.05) is 18.2 Å². The number of ether oxygens (including phenoxy) is 1. The third-order valence-electron chi connectivity index (χ3n) is 6.72. The SMILES string of the molecule is CC1(CNc2cccc(-c3cc(CC4CCC(N)CC4)ncc3Cl)n2)CCOCC1. The van der Waals surface area contributed by atoms with E-state index in [1.54, 1.807) is 6.20 Å². The van der Waals surface area contributed by atoms with Gasteiger partial charge in [0.1, 0.15) is 5.82 Å². The van der Waals surface area contributed by atoms with E-state index in [2.05, 4.69) is 23.3 Å². The number of rotatable bonds is 6. The number of halogens is 1. The predicted molar refractivity (Wildman–Crippen MR) is 123 cm³/mol. The zero-order valence-electron chi connectivity index (χ0n) is 17.9. The molecule has 0 atom stereocenters. The number of pyridine rings is 2. The van der Waals surface area contributed by atoms with Crippen LogP contribution in [0.3, 0.4) is 0 Å². The maximum atomic E-state index is 6.51. The van der Waals surface area contributed by atoms with E-state index in [1.165, 1.54) is 12.8 Å². The van der Waals surface area contributed by atoms with Crippen molar-refractivity contribution in [1.82, 2.24) is 9.97 Å². The maximum Gasteiger partial charge on any atom is 0.126 e. The second kappa shape index (κ2) is 9.63. The lowest BCUT2D eigenvalue weighted by atomic mass is 9.82. The van der Waals surface area contributed by atoms with Gasteiger partial charge in [-0.1, -0.05) is 24.6 Å². The Labute approximate surface area is 184 Å². The first-order chi connectivity index (χ1) is 14.5. The second-order valence-electron chi connectivity index (χ2n) is 9.33. The molecule has 0 aromatic carbocycles. The van der Waals surface area contributed by atoms with Crippen LogP contribution in [0, 0.1) is 11.3 Å². The zero-order chi connectivity index (χ0) is 21.0. The number of hydrogen-bond donors (Lipinski definition) is 2. The summed E-state index contributed by atoms with van der Waals surface area (Å²) in [6.07, 6.45) is 9.50. The molecule has 6 heteroatoms. The first-order valence-corrected chi connectivity index (χ1v) is 11.6. The predicted octanol–water partition coefficient (Wildman–Crippen LogP) is 5.09. The number of hydrogen-bond acceptors (Lipinski definition) is 5. The van der Waals surface area contributed by atoms with E-state index >= 15 is 0 Å². The van der Waals surface area contributed by atoms with Crippen LogP contribution in [0.4, 0.5) is 5.82 Å². The number of nitrogens with two attached hydrogens (primary N) is 1. The van der Waals surface area contributed by atoms with Crippen molar-refractivity contribution in [3.8, 4) is 11.3 Å². The van der Waals surface area contributed by atoms with Crippen LogP contribution in [-0.4, -0.2) is 35.8 Å². The van der Waals surface area contributed by atoms with Gasteiger partial charge in [-0.15, -0.1) is 0 Å². The lowest BCUT2D eigenvalue weighted by molar-refractivity contribution is 0.0300. The Kier molecular flexibility index (Phi) is 6.91. The molecule has 2 aliphatic rings.